The number of nitrogens with zero attached hydrogens (tertiary/aromatic N) is 1. The molecule has 120 valence electrons. The molecule has 0 unspecified atom stereocenters. The van der Waals surface area contributed by atoms with Gasteiger partial charge < -0.3 is 15.0 Å². The lowest BCUT2D eigenvalue weighted by molar-refractivity contribution is 0.309. The fourth-order valence-electron chi connectivity index (χ4n) is 2.39. The molecule has 0 aliphatic heterocycles. The highest BCUT2D eigenvalue weighted by Gasteiger charge is 2.08. The molecule has 0 aromatic heterocycles. The largest absolute Gasteiger partial charge is 0.496 e. The molecule has 1 aromatic carbocycles. The molecule has 0 amide bonds. The van der Waals surface area contributed by atoms with Crippen molar-refractivity contribution in [3.05, 3.63) is 29.3 Å². The Morgan fingerprint density at radius 3 is 2.62 bits per heavy atom. The SMILES string of the molecule is CCCCCN(C)Cc1cc(CNC(C)C)ccc1OC. The van der Waals surface area contributed by atoms with Gasteiger partial charge in [0, 0.05) is 24.7 Å². The van der Waals surface area contributed by atoms with Crippen LogP contribution in [-0.2, 0) is 13.1 Å². The van der Waals surface area contributed by atoms with Gasteiger partial charge in [0.1, 0.15) is 5.75 Å². The van der Waals surface area contributed by atoms with Gasteiger partial charge in [0.05, 0.1) is 7.11 Å². The Morgan fingerprint density at radius 2 is 2.00 bits per heavy atom. The Hall–Kier alpha value is -1.06. The smallest absolute Gasteiger partial charge is 0.123 e. The van der Waals surface area contributed by atoms with Crippen LogP contribution < -0.4 is 10.1 Å². The number of ether oxygens (including phenoxy) is 1. The first-order chi connectivity index (χ1) is 10.1. The third-order valence-corrected chi connectivity index (χ3v) is 3.64. The molecule has 1 aromatic rings. The van der Waals surface area contributed by atoms with E-state index in [-0.39, 0.29) is 0 Å². The van der Waals surface area contributed by atoms with Crippen molar-refractivity contribution in [3.8, 4) is 5.75 Å². The lowest BCUT2D eigenvalue weighted by Gasteiger charge is -2.19. The maximum atomic E-state index is 5.51. The molecule has 0 aliphatic rings. The molecule has 0 radical (unpaired) electrons. The second-order valence-electron chi connectivity index (χ2n) is 6.13. The first-order valence-corrected chi connectivity index (χ1v) is 8.14. The van der Waals surface area contributed by atoms with Crippen molar-refractivity contribution in [1.82, 2.24) is 10.2 Å². The van der Waals surface area contributed by atoms with Crippen LogP contribution in [0.1, 0.15) is 51.2 Å². The molecule has 3 nitrogen and oxygen atoms in total. The molecule has 0 saturated carbocycles. The molecule has 0 aliphatic carbocycles. The molecule has 0 saturated heterocycles. The van der Waals surface area contributed by atoms with Crippen LogP contribution in [0.4, 0.5) is 0 Å². The molecular formula is C18H32N2O. The zero-order valence-electron chi connectivity index (χ0n) is 14.4. The predicted molar refractivity (Wildman–Crippen MR) is 90.8 cm³/mol. The third-order valence-electron chi connectivity index (χ3n) is 3.64. The van der Waals surface area contributed by atoms with Gasteiger partial charge in [0.15, 0.2) is 0 Å². The molecule has 0 heterocycles. The lowest BCUT2D eigenvalue weighted by atomic mass is 10.1. The van der Waals surface area contributed by atoms with Gasteiger partial charge in [-0.1, -0.05) is 39.7 Å². The minimum atomic E-state index is 0.507. The van der Waals surface area contributed by atoms with Crippen LogP contribution in [0, 0.1) is 0 Å². The quantitative estimate of drug-likeness (QED) is 0.664. The summed E-state index contributed by atoms with van der Waals surface area (Å²) in [6, 6.07) is 7.01. The highest BCUT2D eigenvalue weighted by atomic mass is 16.5. The number of methoxy groups -OCH3 is 1. The maximum Gasteiger partial charge on any atom is 0.123 e. The first kappa shape index (κ1) is 18.0. The second-order valence-corrected chi connectivity index (χ2v) is 6.13. The summed E-state index contributed by atoms with van der Waals surface area (Å²) in [5.41, 5.74) is 2.60. The molecule has 0 fully saturated rings. The average molecular weight is 292 g/mol. The monoisotopic (exact) mass is 292 g/mol. The second kappa shape index (κ2) is 9.80. The summed E-state index contributed by atoms with van der Waals surface area (Å²) in [5, 5.41) is 3.47. The number of rotatable bonds is 10. The molecule has 21 heavy (non-hydrogen) atoms. The zero-order valence-corrected chi connectivity index (χ0v) is 14.4. The van der Waals surface area contributed by atoms with Gasteiger partial charge >= 0.3 is 0 Å². The molecular weight excluding hydrogens is 260 g/mol. The normalized spacial score (nSPS) is 11.4. The van der Waals surface area contributed by atoms with Gasteiger partial charge in [0.25, 0.3) is 0 Å². The van der Waals surface area contributed by atoms with Crippen LogP contribution in [0.25, 0.3) is 0 Å². The van der Waals surface area contributed by atoms with E-state index in [1.54, 1.807) is 7.11 Å². The molecule has 1 N–H and O–H groups in total. The van der Waals surface area contributed by atoms with E-state index < -0.39 is 0 Å². The fraction of sp³-hybridized carbons (Fsp3) is 0.667. The van der Waals surface area contributed by atoms with E-state index in [0.717, 1.165) is 25.4 Å². The van der Waals surface area contributed by atoms with Gasteiger partial charge in [-0.15, -0.1) is 0 Å². The molecule has 0 atom stereocenters. The summed E-state index contributed by atoms with van der Waals surface area (Å²) in [6.45, 7) is 9.59. The number of hydrogen-bond donors (Lipinski definition) is 1. The highest BCUT2D eigenvalue weighted by molar-refractivity contribution is 5.37. The summed E-state index contributed by atoms with van der Waals surface area (Å²) >= 11 is 0. The van der Waals surface area contributed by atoms with Crippen LogP contribution in [0.5, 0.6) is 5.75 Å². The number of hydrogen-bond acceptors (Lipinski definition) is 3. The van der Waals surface area contributed by atoms with Crippen LogP contribution in [0.3, 0.4) is 0 Å². The topological polar surface area (TPSA) is 24.5 Å². The molecule has 1 rings (SSSR count). The predicted octanol–water partition coefficient (Wildman–Crippen LogP) is 3.82. The average Bonchev–Trinajstić information content (AvgIpc) is 2.45. The zero-order chi connectivity index (χ0) is 15.7. The summed E-state index contributed by atoms with van der Waals surface area (Å²) in [4.78, 5) is 2.38. The number of unbranched alkanes of at least 4 members (excludes halogenated alkanes) is 2. The van der Waals surface area contributed by atoms with E-state index in [2.05, 4.69) is 56.2 Å². The van der Waals surface area contributed by atoms with Gasteiger partial charge in [-0.25, -0.2) is 0 Å². The molecule has 3 heteroatoms. The van der Waals surface area contributed by atoms with Crippen molar-refractivity contribution >= 4 is 0 Å². The van der Waals surface area contributed by atoms with Crippen molar-refractivity contribution < 1.29 is 4.74 Å². The van der Waals surface area contributed by atoms with E-state index in [1.165, 1.54) is 30.4 Å². The lowest BCUT2D eigenvalue weighted by Crippen LogP contribution is -2.22. The van der Waals surface area contributed by atoms with Gasteiger partial charge in [0.2, 0.25) is 0 Å². The summed E-state index contributed by atoms with van der Waals surface area (Å²) < 4.78 is 5.51. The Bertz CT molecular complexity index is 404. The van der Waals surface area contributed by atoms with Crippen molar-refractivity contribution in [1.29, 1.82) is 0 Å². The third kappa shape index (κ3) is 6.96. The Balaban J connectivity index is 2.66. The van der Waals surface area contributed by atoms with E-state index in [9.17, 15) is 0 Å². The van der Waals surface area contributed by atoms with Crippen LogP contribution in [0.15, 0.2) is 18.2 Å². The summed E-state index contributed by atoms with van der Waals surface area (Å²) in [6.07, 6.45) is 3.84. The molecule has 0 spiro atoms. The van der Waals surface area contributed by atoms with Crippen molar-refractivity contribution in [3.63, 3.8) is 0 Å². The van der Waals surface area contributed by atoms with Crippen LogP contribution >= 0.6 is 0 Å². The summed E-state index contributed by atoms with van der Waals surface area (Å²) in [5.74, 6) is 0.991. The van der Waals surface area contributed by atoms with Crippen molar-refractivity contribution in [2.24, 2.45) is 0 Å². The minimum Gasteiger partial charge on any atom is -0.496 e. The first-order valence-electron chi connectivity index (χ1n) is 8.14. The minimum absolute atomic E-state index is 0.507. The Labute approximate surface area is 130 Å². The van der Waals surface area contributed by atoms with E-state index >= 15 is 0 Å². The Morgan fingerprint density at radius 1 is 1.24 bits per heavy atom. The van der Waals surface area contributed by atoms with Crippen LogP contribution in [-0.4, -0.2) is 31.6 Å². The standard InChI is InChI=1S/C18H32N2O/c1-6-7-8-11-20(4)14-17-12-16(13-19-15(2)3)9-10-18(17)21-5/h9-10,12,15,19H,6-8,11,13-14H2,1-5H3. The van der Waals surface area contributed by atoms with Crippen LogP contribution in [0.2, 0.25) is 0 Å². The van der Waals surface area contributed by atoms with E-state index in [1.807, 2.05) is 0 Å². The molecule has 0 bridgehead atoms. The van der Waals surface area contributed by atoms with Crippen molar-refractivity contribution in [2.75, 3.05) is 20.7 Å². The van der Waals surface area contributed by atoms with Gasteiger partial charge in [-0.05, 0) is 37.7 Å². The number of benzene rings is 1. The highest BCUT2D eigenvalue weighted by Crippen LogP contribution is 2.21. The summed E-state index contributed by atoms with van der Waals surface area (Å²) in [7, 11) is 3.94. The fourth-order valence-corrected chi connectivity index (χ4v) is 2.39. The van der Waals surface area contributed by atoms with E-state index in [4.69, 9.17) is 4.74 Å². The van der Waals surface area contributed by atoms with E-state index in [0.29, 0.717) is 6.04 Å². The van der Waals surface area contributed by atoms with Gasteiger partial charge in [-0.3, -0.25) is 0 Å². The maximum absolute atomic E-state index is 5.51. The Kier molecular flexibility index (Phi) is 8.40. The number of nitrogens with one attached hydrogen (secondary N) is 1. The van der Waals surface area contributed by atoms with Gasteiger partial charge in [-0.2, -0.15) is 0 Å². The van der Waals surface area contributed by atoms with Crippen molar-refractivity contribution in [2.45, 2.75) is 59.2 Å².